The predicted octanol–water partition coefficient (Wildman–Crippen LogP) is 4.13. The lowest BCUT2D eigenvalue weighted by Gasteiger charge is -2.19. The molecule has 0 spiro atoms. The number of amides is 1. The molecule has 2 heterocycles. The number of hydrogen-bond acceptors (Lipinski definition) is 5. The Kier molecular flexibility index (Phi) is 5.96. The number of nitriles is 1. The van der Waals surface area contributed by atoms with Crippen molar-refractivity contribution in [2.45, 2.75) is 25.7 Å². The largest absolute Gasteiger partial charge is 0.452 e. The molecule has 0 N–H and O–H groups in total. The van der Waals surface area contributed by atoms with Crippen LogP contribution < -0.4 is 4.90 Å². The van der Waals surface area contributed by atoms with Crippen LogP contribution in [0.25, 0.3) is 5.00 Å². The molecule has 6 nitrogen and oxygen atoms in total. The number of carbonyl (C=O) groups excluding carboxylic acids is 2. The maximum Gasteiger partial charge on any atom is 0.341 e. The first-order valence-electron chi connectivity index (χ1n) is 9.86. The van der Waals surface area contributed by atoms with E-state index in [1.165, 1.54) is 9.78 Å². The molecule has 0 fully saturated rings. The number of para-hydroxylation sites is 1. The topological polar surface area (TPSA) is 75.3 Å². The average Bonchev–Trinajstić information content (AvgIpc) is 3.44. The number of anilines is 1. The summed E-state index contributed by atoms with van der Waals surface area (Å²) in [6, 6.07) is 14.7. The number of nitrogens with zero attached hydrogens (tertiary/aromatic N) is 3. The van der Waals surface area contributed by atoms with Crippen LogP contribution in [0, 0.1) is 11.3 Å². The number of esters is 1. The highest BCUT2D eigenvalue weighted by Crippen LogP contribution is 2.37. The number of fused-ring (bicyclic) bond motifs is 1. The Balaban J connectivity index is 1.55. The van der Waals surface area contributed by atoms with Gasteiger partial charge in [0.25, 0.3) is 5.91 Å². The molecule has 30 heavy (non-hydrogen) atoms. The molecular weight excluding hydrogens is 398 g/mol. The fraction of sp³-hybridized carbons (Fsp3) is 0.261. The SMILES string of the molecule is N#CCN(C(=O)COC(=O)c1c(-n2cccc2)sc2c1CCCC2)c1ccccc1. The van der Waals surface area contributed by atoms with Crippen molar-refractivity contribution in [3.05, 3.63) is 70.9 Å². The fourth-order valence-electron chi connectivity index (χ4n) is 3.69. The zero-order valence-electron chi connectivity index (χ0n) is 16.4. The van der Waals surface area contributed by atoms with E-state index in [2.05, 4.69) is 0 Å². The summed E-state index contributed by atoms with van der Waals surface area (Å²) >= 11 is 1.62. The van der Waals surface area contributed by atoms with Crippen LogP contribution in [0.4, 0.5) is 5.69 Å². The summed E-state index contributed by atoms with van der Waals surface area (Å²) in [5.74, 6) is -0.917. The summed E-state index contributed by atoms with van der Waals surface area (Å²) in [5, 5.41) is 9.93. The van der Waals surface area contributed by atoms with Crippen molar-refractivity contribution in [3.8, 4) is 11.1 Å². The van der Waals surface area contributed by atoms with Crippen LogP contribution in [0.15, 0.2) is 54.9 Å². The molecule has 0 saturated heterocycles. The molecule has 1 aliphatic carbocycles. The molecule has 1 aliphatic rings. The number of aryl methyl sites for hydroxylation is 1. The van der Waals surface area contributed by atoms with Crippen LogP contribution in [0.3, 0.4) is 0 Å². The van der Waals surface area contributed by atoms with Gasteiger partial charge < -0.3 is 9.30 Å². The van der Waals surface area contributed by atoms with Gasteiger partial charge in [0.15, 0.2) is 6.61 Å². The van der Waals surface area contributed by atoms with Crippen molar-refractivity contribution >= 4 is 28.9 Å². The van der Waals surface area contributed by atoms with E-state index in [1.807, 2.05) is 41.2 Å². The number of carbonyl (C=O) groups is 2. The molecule has 0 unspecified atom stereocenters. The average molecular weight is 420 g/mol. The van der Waals surface area contributed by atoms with Crippen molar-refractivity contribution < 1.29 is 14.3 Å². The first kappa shape index (κ1) is 19.9. The minimum Gasteiger partial charge on any atom is -0.452 e. The predicted molar refractivity (Wildman–Crippen MR) is 115 cm³/mol. The van der Waals surface area contributed by atoms with Gasteiger partial charge in [-0.2, -0.15) is 5.26 Å². The molecule has 0 atom stereocenters. The van der Waals surface area contributed by atoms with Gasteiger partial charge in [-0.3, -0.25) is 9.69 Å². The van der Waals surface area contributed by atoms with Gasteiger partial charge in [0.05, 0.1) is 11.6 Å². The molecule has 152 valence electrons. The lowest BCUT2D eigenvalue weighted by atomic mass is 9.95. The maximum absolute atomic E-state index is 13.1. The summed E-state index contributed by atoms with van der Waals surface area (Å²) in [5.41, 5.74) is 2.20. The van der Waals surface area contributed by atoms with Crippen LogP contribution in [0.5, 0.6) is 0 Å². The van der Waals surface area contributed by atoms with Crippen LogP contribution in [-0.4, -0.2) is 29.6 Å². The molecule has 0 bridgehead atoms. The Labute approximate surface area is 178 Å². The number of ether oxygens (including phenoxy) is 1. The highest BCUT2D eigenvalue weighted by molar-refractivity contribution is 7.15. The fourth-order valence-corrected chi connectivity index (χ4v) is 5.04. The molecule has 1 aromatic carbocycles. The van der Waals surface area contributed by atoms with Gasteiger partial charge in [-0.25, -0.2) is 4.79 Å². The summed E-state index contributed by atoms with van der Waals surface area (Å²) in [4.78, 5) is 28.3. The van der Waals surface area contributed by atoms with E-state index in [-0.39, 0.29) is 6.54 Å². The Bertz CT molecular complexity index is 1080. The van der Waals surface area contributed by atoms with Gasteiger partial charge >= 0.3 is 5.97 Å². The molecule has 2 aromatic heterocycles. The third kappa shape index (κ3) is 4.00. The van der Waals surface area contributed by atoms with Crippen molar-refractivity contribution in [3.63, 3.8) is 0 Å². The van der Waals surface area contributed by atoms with Gasteiger partial charge in [0, 0.05) is 23.0 Å². The van der Waals surface area contributed by atoms with E-state index in [0.717, 1.165) is 36.2 Å². The second-order valence-corrected chi connectivity index (χ2v) is 8.11. The van der Waals surface area contributed by atoms with Crippen molar-refractivity contribution in [1.82, 2.24) is 4.57 Å². The van der Waals surface area contributed by atoms with E-state index in [0.29, 0.717) is 11.3 Å². The monoisotopic (exact) mass is 419 g/mol. The Morgan fingerprint density at radius 3 is 2.57 bits per heavy atom. The van der Waals surface area contributed by atoms with E-state index in [1.54, 1.807) is 35.6 Å². The molecule has 0 aliphatic heterocycles. The minimum atomic E-state index is -0.489. The Morgan fingerprint density at radius 2 is 1.83 bits per heavy atom. The first-order valence-corrected chi connectivity index (χ1v) is 10.7. The number of rotatable bonds is 6. The Morgan fingerprint density at radius 1 is 1.10 bits per heavy atom. The van der Waals surface area contributed by atoms with Crippen LogP contribution in [0.1, 0.15) is 33.6 Å². The highest BCUT2D eigenvalue weighted by atomic mass is 32.1. The number of thiophene rings is 1. The standard InChI is InChI=1S/C23H21N3O3S/c24-12-15-26(17-8-2-1-3-9-17)20(27)16-29-23(28)21-18-10-4-5-11-19(18)30-22(21)25-13-6-7-14-25/h1-3,6-9,13-14H,4-5,10-11,15-16H2. The Hall–Kier alpha value is -3.37. The van der Waals surface area contributed by atoms with Crippen molar-refractivity contribution in [1.29, 1.82) is 5.26 Å². The maximum atomic E-state index is 13.1. The summed E-state index contributed by atoms with van der Waals surface area (Å²) < 4.78 is 7.38. The normalized spacial score (nSPS) is 12.6. The molecule has 4 rings (SSSR count). The van der Waals surface area contributed by atoms with Crippen LogP contribution in [-0.2, 0) is 22.4 Å². The highest BCUT2D eigenvalue weighted by Gasteiger charge is 2.28. The van der Waals surface area contributed by atoms with E-state index in [4.69, 9.17) is 10.00 Å². The second kappa shape index (κ2) is 8.97. The molecule has 0 radical (unpaired) electrons. The lowest BCUT2D eigenvalue weighted by molar-refractivity contribution is -0.121. The van der Waals surface area contributed by atoms with E-state index < -0.39 is 18.5 Å². The third-order valence-corrected chi connectivity index (χ3v) is 6.43. The smallest absolute Gasteiger partial charge is 0.341 e. The van der Waals surface area contributed by atoms with Gasteiger partial charge in [-0.1, -0.05) is 18.2 Å². The van der Waals surface area contributed by atoms with Gasteiger partial charge in [-0.15, -0.1) is 11.3 Å². The van der Waals surface area contributed by atoms with Crippen LogP contribution in [0.2, 0.25) is 0 Å². The van der Waals surface area contributed by atoms with Gasteiger partial charge in [-0.05, 0) is 55.5 Å². The molecule has 7 heteroatoms. The third-order valence-electron chi connectivity index (χ3n) is 5.12. The molecular formula is C23H21N3O3S. The number of hydrogen-bond donors (Lipinski definition) is 0. The summed E-state index contributed by atoms with van der Waals surface area (Å²) in [6.45, 7) is -0.520. The number of benzene rings is 1. The van der Waals surface area contributed by atoms with Crippen molar-refractivity contribution in [2.24, 2.45) is 0 Å². The van der Waals surface area contributed by atoms with E-state index >= 15 is 0 Å². The first-order chi connectivity index (χ1) is 14.7. The molecule has 1 amide bonds. The van der Waals surface area contributed by atoms with Crippen LogP contribution >= 0.6 is 11.3 Å². The molecule has 3 aromatic rings. The van der Waals surface area contributed by atoms with E-state index in [9.17, 15) is 9.59 Å². The second-order valence-electron chi connectivity index (χ2n) is 7.03. The zero-order valence-corrected chi connectivity index (χ0v) is 17.2. The van der Waals surface area contributed by atoms with Gasteiger partial charge in [0.1, 0.15) is 11.5 Å². The quantitative estimate of drug-likeness (QED) is 0.445. The summed E-state index contributed by atoms with van der Waals surface area (Å²) in [6.07, 6.45) is 7.77. The number of aromatic nitrogens is 1. The lowest BCUT2D eigenvalue weighted by Crippen LogP contribution is -2.35. The zero-order chi connectivity index (χ0) is 20.9. The molecule has 0 saturated carbocycles. The minimum absolute atomic E-state index is 0.108. The summed E-state index contributed by atoms with van der Waals surface area (Å²) in [7, 11) is 0. The van der Waals surface area contributed by atoms with Crippen molar-refractivity contribution in [2.75, 3.05) is 18.1 Å². The van der Waals surface area contributed by atoms with Gasteiger partial charge in [0.2, 0.25) is 0 Å².